The molecule has 0 atom stereocenters. The van der Waals surface area contributed by atoms with Crippen LogP contribution >= 0.6 is 11.8 Å². The number of hydrogen-bond donors (Lipinski definition) is 0. The smallest absolute Gasteiger partial charge is 0.323 e. The molecule has 0 bridgehead atoms. The van der Waals surface area contributed by atoms with Crippen molar-refractivity contribution >= 4 is 11.8 Å². The summed E-state index contributed by atoms with van der Waals surface area (Å²) in [6.07, 6.45) is 3.54. The molecular weight excluding hydrogens is 356 g/mol. The van der Waals surface area contributed by atoms with Gasteiger partial charge in [-0.25, -0.2) is 4.57 Å². The number of para-hydroxylation sites is 1. The van der Waals surface area contributed by atoms with Gasteiger partial charge in [-0.05, 0) is 30.3 Å². The SMILES string of the molecule is [Br-].c1ccc(-c2c[n+]3c(n2-c2ccccc2)SCCC3)cc1. The maximum atomic E-state index is 2.39. The molecule has 1 aromatic heterocycles. The number of halogens is 1. The number of hydrogen-bond acceptors (Lipinski definition) is 1. The number of imidazole rings is 1. The van der Waals surface area contributed by atoms with E-state index < -0.39 is 0 Å². The summed E-state index contributed by atoms with van der Waals surface area (Å²) in [4.78, 5) is 0. The fourth-order valence-corrected chi connectivity index (χ4v) is 3.94. The first-order valence-corrected chi connectivity index (χ1v) is 8.31. The molecule has 4 rings (SSSR count). The normalized spacial score (nSPS) is 13.3. The Bertz CT molecular complexity index is 754. The molecule has 1 aliphatic heterocycles. The minimum Gasteiger partial charge on any atom is -1.00 e. The van der Waals surface area contributed by atoms with Crippen molar-refractivity contribution in [2.75, 3.05) is 5.75 Å². The molecule has 2 aromatic carbocycles. The topological polar surface area (TPSA) is 8.81 Å². The van der Waals surface area contributed by atoms with Gasteiger partial charge in [0.1, 0.15) is 11.9 Å². The Morgan fingerprint density at radius 3 is 2.32 bits per heavy atom. The first kappa shape index (κ1) is 15.4. The molecule has 2 nitrogen and oxygen atoms in total. The van der Waals surface area contributed by atoms with E-state index in [9.17, 15) is 0 Å². The summed E-state index contributed by atoms with van der Waals surface area (Å²) >= 11 is 1.95. The Kier molecular flexibility index (Phi) is 4.69. The first-order valence-electron chi connectivity index (χ1n) is 7.32. The second-order valence-electron chi connectivity index (χ2n) is 5.23. The Balaban J connectivity index is 0.00000144. The van der Waals surface area contributed by atoms with E-state index in [1.807, 2.05) is 11.8 Å². The van der Waals surface area contributed by atoms with Gasteiger partial charge in [-0.1, -0.05) is 48.5 Å². The number of nitrogens with zero attached hydrogens (tertiary/aromatic N) is 2. The molecule has 0 N–H and O–H groups in total. The van der Waals surface area contributed by atoms with Gasteiger partial charge in [0.2, 0.25) is 0 Å². The summed E-state index contributed by atoms with van der Waals surface area (Å²) in [5, 5.41) is 1.34. The maximum absolute atomic E-state index is 2.39. The summed E-state index contributed by atoms with van der Waals surface area (Å²) < 4.78 is 4.78. The predicted molar refractivity (Wildman–Crippen MR) is 86.7 cm³/mol. The lowest BCUT2D eigenvalue weighted by Crippen LogP contribution is -3.00. The summed E-state index contributed by atoms with van der Waals surface area (Å²) in [6.45, 7) is 1.11. The van der Waals surface area contributed by atoms with Crippen molar-refractivity contribution in [3.63, 3.8) is 0 Å². The van der Waals surface area contributed by atoms with Crippen molar-refractivity contribution in [2.45, 2.75) is 18.1 Å². The van der Waals surface area contributed by atoms with E-state index in [-0.39, 0.29) is 17.0 Å². The highest BCUT2D eigenvalue weighted by Gasteiger charge is 2.28. The summed E-state index contributed by atoms with van der Waals surface area (Å²) in [5.41, 5.74) is 3.77. The monoisotopic (exact) mass is 372 g/mol. The molecule has 0 unspecified atom stereocenters. The molecule has 112 valence electrons. The zero-order valence-corrected chi connectivity index (χ0v) is 14.6. The molecule has 2 heterocycles. The Morgan fingerprint density at radius 2 is 1.59 bits per heavy atom. The van der Waals surface area contributed by atoms with Gasteiger partial charge in [-0.15, -0.1) is 0 Å². The average Bonchev–Trinajstić information content (AvgIpc) is 2.96. The van der Waals surface area contributed by atoms with Crippen LogP contribution in [0.4, 0.5) is 0 Å². The fraction of sp³-hybridized carbons (Fsp3) is 0.167. The molecule has 0 saturated heterocycles. The van der Waals surface area contributed by atoms with Crippen LogP contribution in [-0.2, 0) is 6.54 Å². The molecule has 0 aliphatic carbocycles. The lowest BCUT2D eigenvalue weighted by Gasteiger charge is -2.09. The molecule has 3 aromatic rings. The van der Waals surface area contributed by atoms with E-state index >= 15 is 0 Å². The third-order valence-corrected chi connectivity index (χ3v) is 4.98. The lowest BCUT2D eigenvalue weighted by molar-refractivity contribution is -0.734. The zero-order chi connectivity index (χ0) is 14.1. The van der Waals surface area contributed by atoms with Crippen LogP contribution < -0.4 is 21.5 Å². The third kappa shape index (κ3) is 2.73. The van der Waals surface area contributed by atoms with E-state index in [4.69, 9.17) is 0 Å². The number of benzene rings is 2. The minimum atomic E-state index is 0. The second-order valence-corrected chi connectivity index (χ2v) is 6.29. The van der Waals surface area contributed by atoms with Gasteiger partial charge in [-0.3, -0.25) is 0 Å². The predicted octanol–water partition coefficient (Wildman–Crippen LogP) is 0.932. The standard InChI is InChI=1S/C18H17N2S.BrH/c1-3-8-15(9-4-1)17-14-19-12-7-13-21-18(19)20(17)16-10-5-2-6-11-16;/h1-6,8-11,14H,7,12-13H2;1H/q+1;/p-1. The maximum Gasteiger partial charge on any atom is 0.323 e. The van der Waals surface area contributed by atoms with Crippen molar-refractivity contribution < 1.29 is 21.5 Å². The number of thioether (sulfide) groups is 1. The lowest BCUT2D eigenvalue weighted by atomic mass is 10.1. The van der Waals surface area contributed by atoms with Gasteiger partial charge in [-0.2, -0.15) is 4.57 Å². The summed E-state index contributed by atoms with van der Waals surface area (Å²) in [6, 6.07) is 21.3. The van der Waals surface area contributed by atoms with Gasteiger partial charge in [0.25, 0.3) is 0 Å². The quantitative estimate of drug-likeness (QED) is 0.608. The van der Waals surface area contributed by atoms with Crippen molar-refractivity contribution in [1.29, 1.82) is 0 Å². The number of fused-ring (bicyclic) bond motifs is 1. The van der Waals surface area contributed by atoms with Gasteiger partial charge >= 0.3 is 5.16 Å². The first-order chi connectivity index (χ1) is 10.4. The highest BCUT2D eigenvalue weighted by Crippen LogP contribution is 2.30. The number of aromatic nitrogens is 2. The van der Waals surface area contributed by atoms with Crippen LogP contribution in [-0.4, -0.2) is 10.3 Å². The van der Waals surface area contributed by atoms with Crippen LogP contribution in [0.5, 0.6) is 0 Å². The van der Waals surface area contributed by atoms with Crippen LogP contribution in [0.15, 0.2) is 72.0 Å². The van der Waals surface area contributed by atoms with Crippen LogP contribution in [0.3, 0.4) is 0 Å². The molecule has 0 spiro atoms. The van der Waals surface area contributed by atoms with Crippen molar-refractivity contribution in [3.05, 3.63) is 66.9 Å². The highest BCUT2D eigenvalue weighted by molar-refractivity contribution is 7.99. The molecule has 0 radical (unpaired) electrons. The van der Waals surface area contributed by atoms with Crippen LogP contribution in [0, 0.1) is 0 Å². The van der Waals surface area contributed by atoms with Crippen LogP contribution in [0.1, 0.15) is 6.42 Å². The van der Waals surface area contributed by atoms with E-state index in [2.05, 4.69) is 76.0 Å². The van der Waals surface area contributed by atoms with Crippen molar-refractivity contribution in [1.82, 2.24) is 4.57 Å². The van der Waals surface area contributed by atoms with Crippen molar-refractivity contribution in [3.8, 4) is 16.9 Å². The Morgan fingerprint density at radius 1 is 0.909 bits per heavy atom. The minimum absolute atomic E-state index is 0. The van der Waals surface area contributed by atoms with Crippen molar-refractivity contribution in [2.24, 2.45) is 0 Å². The molecule has 0 saturated carbocycles. The average molecular weight is 373 g/mol. The van der Waals surface area contributed by atoms with E-state index in [0.29, 0.717) is 0 Å². The third-order valence-electron chi connectivity index (χ3n) is 3.81. The van der Waals surface area contributed by atoms with E-state index in [1.54, 1.807) is 0 Å². The highest BCUT2D eigenvalue weighted by atomic mass is 79.9. The molecule has 4 heteroatoms. The number of aryl methyl sites for hydroxylation is 1. The van der Waals surface area contributed by atoms with Crippen LogP contribution in [0.25, 0.3) is 16.9 Å². The molecule has 0 amide bonds. The molecule has 22 heavy (non-hydrogen) atoms. The fourth-order valence-electron chi connectivity index (χ4n) is 2.84. The summed E-state index contributed by atoms with van der Waals surface area (Å²) in [7, 11) is 0. The zero-order valence-electron chi connectivity index (χ0n) is 12.2. The van der Waals surface area contributed by atoms with E-state index in [1.165, 1.54) is 34.3 Å². The Labute approximate surface area is 145 Å². The largest absolute Gasteiger partial charge is 1.00 e. The molecule has 1 aliphatic rings. The van der Waals surface area contributed by atoms with E-state index in [0.717, 1.165) is 6.54 Å². The van der Waals surface area contributed by atoms with Gasteiger partial charge < -0.3 is 17.0 Å². The van der Waals surface area contributed by atoms with Gasteiger partial charge in [0.05, 0.1) is 6.54 Å². The van der Waals surface area contributed by atoms with Gasteiger partial charge in [0.15, 0.2) is 5.69 Å². The number of rotatable bonds is 2. The summed E-state index contributed by atoms with van der Waals surface area (Å²) in [5.74, 6) is 1.20. The van der Waals surface area contributed by atoms with Crippen LogP contribution in [0.2, 0.25) is 0 Å². The van der Waals surface area contributed by atoms with Gasteiger partial charge in [0, 0.05) is 11.3 Å². The molecule has 0 fully saturated rings. The Hall–Kier alpha value is -1.52. The molecular formula is C18H17BrN2S. The second kappa shape index (κ2) is 6.71.